The fourth-order valence-electron chi connectivity index (χ4n) is 3.84. The summed E-state index contributed by atoms with van der Waals surface area (Å²) >= 11 is 22.7. The van der Waals surface area contributed by atoms with Crippen molar-refractivity contribution in [2.45, 2.75) is 81.6 Å². The molecule has 4 heterocycles. The smallest absolute Gasteiger partial charge is 0.854 e. The number of hydrogen-bond acceptors (Lipinski definition) is 8. The number of pyridine rings is 4. The van der Waals surface area contributed by atoms with Crippen molar-refractivity contribution in [3.8, 4) is 0 Å². The summed E-state index contributed by atoms with van der Waals surface area (Å²) in [6.07, 6.45) is 27.6. The fraction of sp³-hybridized carbons (Fsp3) is 0.462. The molecule has 3 N–H and O–H groups in total. The van der Waals surface area contributed by atoms with E-state index in [0.717, 1.165) is 71.3 Å². The van der Waals surface area contributed by atoms with Gasteiger partial charge in [-0.05, 0) is 43.1 Å². The molecule has 1 saturated carbocycles. The van der Waals surface area contributed by atoms with Crippen LogP contribution in [0.15, 0.2) is 73.3 Å². The van der Waals surface area contributed by atoms with Crippen molar-refractivity contribution in [3.05, 3.63) is 120 Å². The number of unbranched alkanes of at least 4 members (excludes halogenated alkanes) is 1. The van der Waals surface area contributed by atoms with E-state index in [0.29, 0.717) is 11.6 Å². The maximum atomic E-state index is 9.53. The number of rotatable bonds is 13. The molecule has 4 aromatic rings. The van der Waals surface area contributed by atoms with Gasteiger partial charge in [0.1, 0.15) is 0 Å². The summed E-state index contributed by atoms with van der Waals surface area (Å²) in [7, 11) is 0. The van der Waals surface area contributed by atoms with Crippen LogP contribution < -0.4 is 62.2 Å². The van der Waals surface area contributed by atoms with Crippen LogP contribution in [0.3, 0.4) is 0 Å². The number of hydrogen-bond donors (Lipinski definition) is 2. The zero-order valence-corrected chi connectivity index (χ0v) is 53.2. The van der Waals surface area contributed by atoms with Crippen molar-refractivity contribution in [2.24, 2.45) is 5.73 Å². The molecule has 7 nitrogen and oxygen atoms in total. The summed E-state index contributed by atoms with van der Waals surface area (Å²) in [6.45, 7) is 2.11. The van der Waals surface area contributed by atoms with Crippen LogP contribution in [0.2, 0.25) is 0 Å². The van der Waals surface area contributed by atoms with Crippen molar-refractivity contribution in [3.63, 3.8) is 0 Å². The maximum absolute atomic E-state index is 9.53. The molecule has 0 saturated heterocycles. The summed E-state index contributed by atoms with van der Waals surface area (Å²) in [5.41, 5.74) is 9.91. The Kier molecular flexibility index (Phi) is 74.2. The van der Waals surface area contributed by atoms with Gasteiger partial charge in [-0.2, -0.15) is 60.3 Å². The number of nitrogens with one attached hydrogen (secondary N) is 1. The molecule has 57 heavy (non-hydrogen) atoms. The molecule has 0 bridgehead atoms. The Morgan fingerprint density at radius 1 is 0.772 bits per heavy atom. The first-order chi connectivity index (χ1) is 25.4. The number of aromatic nitrogens is 4. The van der Waals surface area contributed by atoms with E-state index in [1.165, 1.54) is 48.6 Å². The molecular weight excluding hydrogens is 1210 g/mol. The molecule has 4 aromatic heterocycles. The van der Waals surface area contributed by atoms with Crippen LogP contribution in [0, 0.1) is 30.2 Å². The number of thioether (sulfide) groups is 2. The quantitative estimate of drug-likeness (QED) is 0.0365. The van der Waals surface area contributed by atoms with Gasteiger partial charge < -0.3 is 30.8 Å². The third-order valence-corrected chi connectivity index (χ3v) is 9.81. The van der Waals surface area contributed by atoms with Gasteiger partial charge in [-0.15, -0.1) is 63.7 Å². The molecule has 0 aromatic carbocycles. The van der Waals surface area contributed by atoms with Crippen LogP contribution in [0.4, 0.5) is 0 Å². The summed E-state index contributed by atoms with van der Waals surface area (Å²) in [4.78, 5) is 15.5. The average Bonchev–Trinajstić information content (AvgIpc) is 3.75. The van der Waals surface area contributed by atoms with E-state index in [2.05, 4.69) is 66.7 Å². The molecular formula is C39H51BrCl3KN6OS2Y4-4. The molecule has 300 valence electrons. The van der Waals surface area contributed by atoms with E-state index in [1.807, 2.05) is 61.4 Å². The molecule has 1 aliphatic carbocycles. The van der Waals surface area contributed by atoms with Gasteiger partial charge in [0.2, 0.25) is 0 Å². The Bertz CT molecular complexity index is 1320. The zero-order chi connectivity index (χ0) is 38.3. The second-order valence-electron chi connectivity index (χ2n) is 10.8. The van der Waals surface area contributed by atoms with Crippen LogP contribution in [-0.2, 0) is 148 Å². The van der Waals surface area contributed by atoms with E-state index in [4.69, 9.17) is 45.9 Å². The van der Waals surface area contributed by atoms with E-state index in [9.17, 15) is 5.11 Å². The van der Waals surface area contributed by atoms with Crippen molar-refractivity contribution in [2.75, 3.05) is 29.4 Å². The van der Waals surface area contributed by atoms with Crippen molar-refractivity contribution in [1.29, 1.82) is 5.41 Å². The van der Waals surface area contributed by atoms with Crippen molar-refractivity contribution in [1.82, 2.24) is 19.9 Å². The number of nitrogens with zero attached hydrogens (tertiary/aromatic N) is 4. The third kappa shape index (κ3) is 49.4. The Hall–Kier alpha value is 4.13. The minimum Gasteiger partial charge on any atom is -0.854 e. The summed E-state index contributed by atoms with van der Waals surface area (Å²) in [5, 5.41) is 17.6. The predicted molar refractivity (Wildman–Crippen MR) is 227 cm³/mol. The predicted octanol–water partition coefficient (Wildman–Crippen LogP) is 7.06. The van der Waals surface area contributed by atoms with Gasteiger partial charge >= 0.3 is 51.4 Å². The Morgan fingerprint density at radius 2 is 1.25 bits per heavy atom. The van der Waals surface area contributed by atoms with Gasteiger partial charge in [-0.25, -0.2) is 0 Å². The minimum absolute atomic E-state index is 0. The average molecular weight is 1260 g/mol. The summed E-state index contributed by atoms with van der Waals surface area (Å²) in [6, 6.07) is 15.2. The molecule has 18 heteroatoms. The van der Waals surface area contributed by atoms with Crippen LogP contribution in [0.25, 0.3) is 0 Å². The molecule has 1 fully saturated rings. The molecule has 0 amide bonds. The van der Waals surface area contributed by atoms with E-state index in [-0.39, 0.29) is 194 Å². The van der Waals surface area contributed by atoms with Crippen molar-refractivity contribution >= 4 is 79.4 Å². The van der Waals surface area contributed by atoms with E-state index < -0.39 is 0 Å². The zero-order valence-electron chi connectivity index (χ0n) is 33.2. The maximum Gasteiger partial charge on any atom is 1.00 e. The van der Waals surface area contributed by atoms with Gasteiger partial charge in [0.25, 0.3) is 0 Å². The van der Waals surface area contributed by atoms with Gasteiger partial charge in [0.15, 0.2) is 5.17 Å². The number of alkyl halides is 4. The van der Waals surface area contributed by atoms with Gasteiger partial charge in [0, 0.05) is 160 Å². The first kappa shape index (κ1) is 72.7. The summed E-state index contributed by atoms with van der Waals surface area (Å²) < 4.78 is 0. The molecule has 1 aliphatic rings. The van der Waals surface area contributed by atoms with Crippen molar-refractivity contribution < 1.29 is 187 Å². The molecule has 0 spiro atoms. The van der Waals surface area contributed by atoms with E-state index in [1.54, 1.807) is 24.5 Å². The van der Waals surface area contributed by atoms with Gasteiger partial charge in [0.05, 0.1) is 0 Å². The molecule has 4 radical (unpaired) electrons. The van der Waals surface area contributed by atoms with Crippen LogP contribution in [0.1, 0.15) is 86.5 Å². The summed E-state index contributed by atoms with van der Waals surface area (Å²) in [5.74, 6) is 5.70. The molecule has 0 unspecified atom stereocenters. The van der Waals surface area contributed by atoms with E-state index >= 15 is 0 Å². The van der Waals surface area contributed by atoms with Gasteiger partial charge in [-0.1, -0.05) is 110 Å². The normalized spacial score (nSPS) is 10.4. The largest absolute Gasteiger partial charge is 1.00 e. The number of nitrogens with two attached hydrogens (primary N) is 1. The van der Waals surface area contributed by atoms with Crippen LogP contribution in [0.5, 0.6) is 0 Å². The molecule has 0 aliphatic heterocycles. The second kappa shape index (κ2) is 58.1. The van der Waals surface area contributed by atoms with Gasteiger partial charge in [-0.3, -0.25) is 5.41 Å². The minimum atomic E-state index is 0. The fourth-order valence-corrected chi connectivity index (χ4v) is 6.42. The first-order valence-corrected chi connectivity index (χ1v) is 21.9. The molecule has 0 atom stereocenters. The van der Waals surface area contributed by atoms with Crippen LogP contribution in [-0.4, -0.2) is 54.6 Å². The monoisotopic (exact) mass is 1260 g/mol. The Labute approximate surface area is 519 Å². The second-order valence-corrected chi connectivity index (χ2v) is 14.7. The third-order valence-electron chi connectivity index (χ3n) is 6.50. The molecule has 5 rings (SSSR count). The van der Waals surface area contributed by atoms with Crippen LogP contribution >= 0.6 is 74.3 Å². The number of amidine groups is 1. The number of halogens is 4. The SMILES string of the molecule is CCCC[O-].ClCCCBr.ClCCCSCc1cc[c-]nc1.ClCc1cc[c-]nc1.N=C(N)SCc1cc[c-]nc1.[K+].[Y].[Y].[Y].[Y].[c-]1ccc(C2CCCC2)cn1. The first-order valence-electron chi connectivity index (χ1n) is 17.1. The Morgan fingerprint density at radius 3 is 1.56 bits per heavy atom. The topological polar surface area (TPSA) is 124 Å². The Balaban J connectivity index is -0.000000138. The standard InChI is InChI=1S/C10H12N.C9H11ClNS.C7H8N3S.C6H5ClN.C4H9O.C3H6BrCl.K.4Y/c1-2-5-9(4-1)10-6-3-7-11-8-10;10-4-2-6-12-8-9-3-1-5-11-7-9;8-7(9)11-5-6-2-1-3-10-4-6;7-4-6-2-1-3-8-5-6;1-2-3-4-5;4-2-1-3-5;;;;;/h3,6,8-9H,1-2,4-5H2;1,3,7H,2,4,6,8H2;1-2,4H,5H2,(H3,8,9);1-2,5H,4H2;2-4H2,1H3;1-3H2;;;;;/q5*-1;;+1;;;;.